The van der Waals surface area contributed by atoms with E-state index < -0.39 is 0 Å². The lowest BCUT2D eigenvalue weighted by Gasteiger charge is -2.22. The maximum atomic E-state index is 13.2. The molecule has 0 amide bonds. The van der Waals surface area contributed by atoms with Gasteiger partial charge in [0.15, 0.2) is 5.78 Å². The molecule has 114 valence electrons. The summed E-state index contributed by atoms with van der Waals surface area (Å²) in [6, 6.07) is 7.59. The fourth-order valence-corrected chi connectivity index (χ4v) is 2.99. The summed E-state index contributed by atoms with van der Waals surface area (Å²) in [5.41, 5.74) is 2.50. The van der Waals surface area contributed by atoms with Crippen molar-refractivity contribution in [2.75, 3.05) is 0 Å². The maximum Gasteiger partial charge on any atom is 0.258 e. The summed E-state index contributed by atoms with van der Waals surface area (Å²) in [5, 5.41) is 0. The fourth-order valence-electron chi connectivity index (χ4n) is 2.99. The zero-order valence-corrected chi connectivity index (χ0v) is 12.7. The Morgan fingerprint density at radius 3 is 2.41 bits per heavy atom. The number of carbonyl (C=O) groups excluding carboxylic acids is 1. The smallest absolute Gasteiger partial charge is 0.258 e. The number of ketones is 1. The van der Waals surface area contributed by atoms with Crippen LogP contribution >= 0.6 is 0 Å². The fraction of sp³-hybridized carbons (Fsp3) is 0.333. The Labute approximate surface area is 128 Å². The van der Waals surface area contributed by atoms with E-state index >= 15 is 0 Å². The van der Waals surface area contributed by atoms with Crippen LogP contribution in [0.4, 0.5) is 4.39 Å². The minimum Gasteiger partial charge on any atom is -0.294 e. The average Bonchev–Trinajstić information content (AvgIpc) is 2.48. The quantitative estimate of drug-likeness (QED) is 0.849. The Kier molecular flexibility index (Phi) is 3.69. The van der Waals surface area contributed by atoms with Crippen molar-refractivity contribution in [1.82, 2.24) is 4.57 Å². The van der Waals surface area contributed by atoms with E-state index in [1.807, 2.05) is 13.8 Å². The number of pyridine rings is 1. The van der Waals surface area contributed by atoms with Crippen LogP contribution in [0.5, 0.6) is 0 Å². The number of hydrogen-bond donors (Lipinski definition) is 0. The van der Waals surface area contributed by atoms with E-state index in [9.17, 15) is 14.0 Å². The van der Waals surface area contributed by atoms with Gasteiger partial charge >= 0.3 is 0 Å². The molecule has 1 aromatic heterocycles. The number of Topliss-reactive ketones (excluding diaryl/α,β-unsaturated/α-hetero) is 1. The van der Waals surface area contributed by atoms with Crippen LogP contribution in [0.25, 0.3) is 5.69 Å². The van der Waals surface area contributed by atoms with Gasteiger partial charge in [-0.3, -0.25) is 14.2 Å². The highest BCUT2D eigenvalue weighted by Gasteiger charge is 2.24. The Bertz CT molecular complexity index is 788. The first kappa shape index (κ1) is 14.7. The van der Waals surface area contributed by atoms with Crippen LogP contribution in [0.2, 0.25) is 0 Å². The summed E-state index contributed by atoms with van der Waals surface area (Å²) in [6.45, 7) is 3.87. The third-order valence-electron chi connectivity index (χ3n) is 4.16. The van der Waals surface area contributed by atoms with Crippen LogP contribution in [-0.4, -0.2) is 10.4 Å². The van der Waals surface area contributed by atoms with E-state index in [0.29, 0.717) is 29.7 Å². The SMILES string of the molecule is CC(C)c1cc2c(n(-c3ccc(F)cc3)c1=O)CCCC2=O. The number of halogens is 1. The van der Waals surface area contributed by atoms with Crippen molar-refractivity contribution >= 4 is 5.78 Å². The predicted octanol–water partition coefficient (Wildman–Crippen LogP) is 3.62. The lowest BCUT2D eigenvalue weighted by Crippen LogP contribution is -2.30. The van der Waals surface area contributed by atoms with Gasteiger partial charge in [0.05, 0.1) is 0 Å². The molecule has 22 heavy (non-hydrogen) atoms. The van der Waals surface area contributed by atoms with Crippen LogP contribution in [0.3, 0.4) is 0 Å². The highest BCUT2D eigenvalue weighted by Crippen LogP contribution is 2.25. The Morgan fingerprint density at radius 1 is 1.09 bits per heavy atom. The molecule has 0 N–H and O–H groups in total. The van der Waals surface area contributed by atoms with Gasteiger partial charge in [-0.1, -0.05) is 13.8 Å². The van der Waals surface area contributed by atoms with Crippen molar-refractivity contribution in [2.24, 2.45) is 0 Å². The molecule has 1 aromatic carbocycles. The second kappa shape index (κ2) is 5.52. The van der Waals surface area contributed by atoms with Crippen molar-refractivity contribution < 1.29 is 9.18 Å². The molecular formula is C18H18FNO2. The summed E-state index contributed by atoms with van der Waals surface area (Å²) in [6.07, 6.45) is 1.95. The van der Waals surface area contributed by atoms with Crippen LogP contribution in [-0.2, 0) is 6.42 Å². The monoisotopic (exact) mass is 299 g/mol. The standard InChI is InChI=1S/C18H18FNO2/c1-11(2)14-10-15-16(4-3-5-17(15)21)20(18(14)22)13-8-6-12(19)7-9-13/h6-11H,3-5H2,1-2H3. The van der Waals surface area contributed by atoms with Crippen molar-refractivity contribution in [2.45, 2.75) is 39.0 Å². The predicted molar refractivity (Wildman–Crippen MR) is 83.4 cm³/mol. The normalized spacial score (nSPS) is 14.3. The van der Waals surface area contributed by atoms with E-state index in [1.165, 1.54) is 12.1 Å². The number of rotatable bonds is 2. The zero-order valence-electron chi connectivity index (χ0n) is 12.7. The van der Waals surface area contributed by atoms with Gasteiger partial charge in [-0.2, -0.15) is 0 Å². The van der Waals surface area contributed by atoms with Crippen LogP contribution < -0.4 is 5.56 Å². The number of benzene rings is 1. The summed E-state index contributed by atoms with van der Waals surface area (Å²) >= 11 is 0. The van der Waals surface area contributed by atoms with Gasteiger partial charge in [0.1, 0.15) is 5.82 Å². The number of aromatic nitrogens is 1. The molecule has 3 rings (SSSR count). The highest BCUT2D eigenvalue weighted by molar-refractivity contribution is 5.98. The lowest BCUT2D eigenvalue weighted by molar-refractivity contribution is 0.0970. The van der Waals surface area contributed by atoms with E-state index in [0.717, 1.165) is 12.1 Å². The topological polar surface area (TPSA) is 39.1 Å². The van der Waals surface area contributed by atoms with Gasteiger partial charge in [-0.05, 0) is 49.1 Å². The molecule has 4 heteroatoms. The Morgan fingerprint density at radius 2 is 1.77 bits per heavy atom. The van der Waals surface area contributed by atoms with Crippen molar-refractivity contribution in [3.05, 3.63) is 63.3 Å². The molecule has 0 unspecified atom stereocenters. The van der Waals surface area contributed by atoms with E-state index in [1.54, 1.807) is 22.8 Å². The first-order chi connectivity index (χ1) is 10.5. The molecule has 0 atom stereocenters. The molecule has 0 aliphatic heterocycles. The molecule has 0 fully saturated rings. The Balaban J connectivity index is 2.34. The van der Waals surface area contributed by atoms with Gasteiger partial charge < -0.3 is 0 Å². The van der Waals surface area contributed by atoms with Gasteiger partial charge in [0, 0.05) is 28.9 Å². The summed E-state index contributed by atoms with van der Waals surface area (Å²) in [5.74, 6) is -0.236. The van der Waals surface area contributed by atoms with Crippen molar-refractivity contribution in [3.63, 3.8) is 0 Å². The van der Waals surface area contributed by atoms with E-state index in [-0.39, 0.29) is 23.1 Å². The summed E-state index contributed by atoms with van der Waals surface area (Å²) in [4.78, 5) is 25.1. The number of fused-ring (bicyclic) bond motifs is 1. The average molecular weight is 299 g/mol. The largest absolute Gasteiger partial charge is 0.294 e. The second-order valence-electron chi connectivity index (χ2n) is 6.01. The summed E-state index contributed by atoms with van der Waals surface area (Å²) < 4.78 is 14.8. The molecule has 1 aliphatic carbocycles. The zero-order chi connectivity index (χ0) is 15.9. The number of hydrogen-bond acceptors (Lipinski definition) is 2. The van der Waals surface area contributed by atoms with Crippen molar-refractivity contribution in [3.8, 4) is 5.69 Å². The third kappa shape index (κ3) is 2.39. The van der Waals surface area contributed by atoms with Gasteiger partial charge in [0.25, 0.3) is 5.56 Å². The minimum absolute atomic E-state index is 0.0271. The Hall–Kier alpha value is -2.23. The second-order valence-corrected chi connectivity index (χ2v) is 6.01. The van der Waals surface area contributed by atoms with Gasteiger partial charge in [-0.25, -0.2) is 4.39 Å². The molecular weight excluding hydrogens is 281 g/mol. The molecule has 1 aliphatic rings. The lowest BCUT2D eigenvalue weighted by atomic mass is 9.91. The molecule has 0 saturated heterocycles. The maximum absolute atomic E-state index is 13.2. The highest BCUT2D eigenvalue weighted by atomic mass is 19.1. The summed E-state index contributed by atoms with van der Waals surface area (Å²) in [7, 11) is 0. The first-order valence-electron chi connectivity index (χ1n) is 7.57. The van der Waals surface area contributed by atoms with Crippen molar-refractivity contribution in [1.29, 1.82) is 0 Å². The molecule has 1 heterocycles. The first-order valence-corrected chi connectivity index (χ1v) is 7.57. The van der Waals surface area contributed by atoms with Crippen LogP contribution in [0.1, 0.15) is 54.2 Å². The van der Waals surface area contributed by atoms with Crippen LogP contribution in [0, 0.1) is 5.82 Å². The number of nitrogens with zero attached hydrogens (tertiary/aromatic N) is 1. The van der Waals surface area contributed by atoms with E-state index in [2.05, 4.69) is 0 Å². The molecule has 0 radical (unpaired) electrons. The van der Waals surface area contributed by atoms with Gasteiger partial charge in [0.2, 0.25) is 0 Å². The minimum atomic E-state index is -0.346. The van der Waals surface area contributed by atoms with Gasteiger partial charge in [-0.15, -0.1) is 0 Å². The van der Waals surface area contributed by atoms with E-state index in [4.69, 9.17) is 0 Å². The molecule has 0 saturated carbocycles. The molecule has 2 aromatic rings. The molecule has 3 nitrogen and oxygen atoms in total. The molecule has 0 spiro atoms. The third-order valence-corrected chi connectivity index (χ3v) is 4.16. The van der Waals surface area contributed by atoms with Crippen LogP contribution in [0.15, 0.2) is 35.1 Å². The molecule has 0 bridgehead atoms. The number of carbonyl (C=O) groups is 1.